The first-order chi connectivity index (χ1) is 12.6. The summed E-state index contributed by atoms with van der Waals surface area (Å²) in [6, 6.07) is 11.9. The highest BCUT2D eigenvalue weighted by Crippen LogP contribution is 2.52. The van der Waals surface area contributed by atoms with Crippen molar-refractivity contribution in [3.05, 3.63) is 69.7 Å². The number of hydrogen-bond donors (Lipinski definition) is 1. The van der Waals surface area contributed by atoms with Gasteiger partial charge < -0.3 is 14.8 Å². The molecule has 1 aliphatic heterocycles. The van der Waals surface area contributed by atoms with Crippen LogP contribution in [0.5, 0.6) is 5.75 Å². The van der Waals surface area contributed by atoms with Crippen LogP contribution in [0.25, 0.3) is 0 Å². The van der Waals surface area contributed by atoms with Gasteiger partial charge in [0.25, 0.3) is 0 Å². The molecular weight excluding hydrogens is 394 g/mol. The second-order valence-corrected chi connectivity index (χ2v) is 7.54. The fraction of sp³-hybridized carbons (Fsp3) is 0.286. The molecule has 5 heteroatoms. The molecule has 0 saturated carbocycles. The summed E-state index contributed by atoms with van der Waals surface area (Å²) in [5, 5.41) is 3.63. The van der Waals surface area contributed by atoms with Crippen molar-refractivity contribution in [1.29, 1.82) is 0 Å². The molecule has 0 fully saturated rings. The first kappa shape index (κ1) is 17.2. The highest BCUT2D eigenvalue weighted by molar-refractivity contribution is 9.10. The van der Waals surface area contributed by atoms with Gasteiger partial charge in [-0.1, -0.05) is 40.2 Å². The largest absolute Gasteiger partial charge is 0.496 e. The van der Waals surface area contributed by atoms with Gasteiger partial charge in [-0.05, 0) is 42.2 Å². The van der Waals surface area contributed by atoms with Crippen molar-refractivity contribution >= 4 is 27.6 Å². The van der Waals surface area contributed by atoms with E-state index in [-0.39, 0.29) is 17.9 Å². The van der Waals surface area contributed by atoms with E-state index in [0.29, 0.717) is 11.5 Å². The fourth-order valence-corrected chi connectivity index (χ4v) is 4.54. The smallest absolute Gasteiger partial charge is 0.339 e. The zero-order chi connectivity index (χ0) is 18.3. The van der Waals surface area contributed by atoms with E-state index in [9.17, 15) is 4.79 Å². The second kappa shape index (κ2) is 6.80. The van der Waals surface area contributed by atoms with Gasteiger partial charge in [-0.2, -0.15) is 0 Å². The van der Waals surface area contributed by atoms with Crippen molar-refractivity contribution < 1.29 is 14.3 Å². The molecule has 0 unspecified atom stereocenters. The van der Waals surface area contributed by atoms with E-state index in [2.05, 4.69) is 45.5 Å². The summed E-state index contributed by atoms with van der Waals surface area (Å²) in [6.45, 7) is 0. The zero-order valence-corrected chi connectivity index (χ0v) is 16.2. The topological polar surface area (TPSA) is 47.6 Å². The Balaban J connectivity index is 1.86. The normalized spacial score (nSPS) is 23.0. The molecule has 2 aromatic carbocycles. The van der Waals surface area contributed by atoms with E-state index in [4.69, 9.17) is 9.47 Å². The number of carbonyl (C=O) groups excluding carboxylic acids is 1. The summed E-state index contributed by atoms with van der Waals surface area (Å²) in [5.74, 6) is 1.16. The predicted octanol–water partition coefficient (Wildman–Crippen LogP) is 5.07. The quantitative estimate of drug-likeness (QED) is 0.563. The number of rotatable bonds is 3. The highest BCUT2D eigenvalue weighted by atomic mass is 79.9. The molecule has 26 heavy (non-hydrogen) atoms. The minimum atomic E-state index is -0.324. The van der Waals surface area contributed by atoms with Crippen LogP contribution in [0.2, 0.25) is 0 Å². The van der Waals surface area contributed by atoms with Crippen LogP contribution in [0.15, 0.2) is 53.0 Å². The van der Waals surface area contributed by atoms with Crippen molar-refractivity contribution in [2.24, 2.45) is 5.92 Å². The monoisotopic (exact) mass is 413 g/mol. The van der Waals surface area contributed by atoms with Gasteiger partial charge in [0.05, 0.1) is 31.5 Å². The number of halogens is 1. The molecule has 4 rings (SSSR count). The van der Waals surface area contributed by atoms with Crippen LogP contribution in [0, 0.1) is 5.92 Å². The number of para-hydroxylation sites is 1. The average molecular weight is 414 g/mol. The Morgan fingerprint density at radius 1 is 1.19 bits per heavy atom. The number of hydrogen-bond acceptors (Lipinski definition) is 4. The highest BCUT2D eigenvalue weighted by Gasteiger charge is 2.40. The molecule has 1 heterocycles. The Labute approximate surface area is 161 Å². The molecule has 0 radical (unpaired) electrons. The number of ether oxygens (including phenoxy) is 2. The number of nitrogens with one attached hydrogen (secondary N) is 1. The van der Waals surface area contributed by atoms with Crippen LogP contribution in [0.4, 0.5) is 5.69 Å². The second-order valence-electron chi connectivity index (χ2n) is 6.62. The van der Waals surface area contributed by atoms with E-state index in [1.807, 2.05) is 24.3 Å². The lowest BCUT2D eigenvalue weighted by atomic mass is 9.76. The SMILES string of the molecule is COC(=O)c1cccc2c1N[C@@H](c1cc(Br)ccc1OC)[C@H]1CC=C[C@@H]21. The summed E-state index contributed by atoms with van der Waals surface area (Å²) < 4.78 is 11.6. The molecular formula is C21H20BrNO3. The first-order valence-corrected chi connectivity index (χ1v) is 9.41. The fourth-order valence-electron chi connectivity index (χ4n) is 4.16. The molecule has 0 spiro atoms. The lowest BCUT2D eigenvalue weighted by molar-refractivity contribution is 0.0601. The van der Waals surface area contributed by atoms with Crippen LogP contribution in [-0.2, 0) is 4.74 Å². The number of allylic oxidation sites excluding steroid dienone is 2. The van der Waals surface area contributed by atoms with E-state index in [0.717, 1.165) is 33.5 Å². The van der Waals surface area contributed by atoms with Gasteiger partial charge in [-0.3, -0.25) is 0 Å². The molecule has 1 N–H and O–H groups in total. The van der Waals surface area contributed by atoms with Crippen LogP contribution < -0.4 is 10.1 Å². The van der Waals surface area contributed by atoms with Gasteiger partial charge in [-0.15, -0.1) is 0 Å². The molecule has 3 atom stereocenters. The number of benzene rings is 2. The van der Waals surface area contributed by atoms with Crippen molar-refractivity contribution in [3.63, 3.8) is 0 Å². The first-order valence-electron chi connectivity index (χ1n) is 8.62. The van der Waals surface area contributed by atoms with Crippen LogP contribution >= 0.6 is 15.9 Å². The molecule has 4 nitrogen and oxygen atoms in total. The van der Waals surface area contributed by atoms with E-state index in [1.54, 1.807) is 7.11 Å². The van der Waals surface area contributed by atoms with Crippen LogP contribution in [0.3, 0.4) is 0 Å². The molecule has 0 amide bonds. The lowest BCUT2D eigenvalue weighted by Crippen LogP contribution is -2.30. The Hall–Kier alpha value is -2.27. The lowest BCUT2D eigenvalue weighted by Gasteiger charge is -2.38. The maximum absolute atomic E-state index is 12.3. The minimum absolute atomic E-state index is 0.0424. The van der Waals surface area contributed by atoms with E-state index < -0.39 is 0 Å². The van der Waals surface area contributed by atoms with Gasteiger partial charge in [0.15, 0.2) is 0 Å². The predicted molar refractivity (Wildman–Crippen MR) is 105 cm³/mol. The molecule has 1 aliphatic carbocycles. The van der Waals surface area contributed by atoms with Gasteiger partial charge in [0.2, 0.25) is 0 Å². The minimum Gasteiger partial charge on any atom is -0.496 e. The molecule has 0 saturated heterocycles. The molecule has 134 valence electrons. The molecule has 2 aromatic rings. The Morgan fingerprint density at radius 3 is 2.81 bits per heavy atom. The Kier molecular flexibility index (Phi) is 4.49. The summed E-state index contributed by atoms with van der Waals surface area (Å²) in [6.07, 6.45) is 5.47. The third kappa shape index (κ3) is 2.71. The maximum atomic E-state index is 12.3. The van der Waals surface area contributed by atoms with Crippen molar-refractivity contribution in [3.8, 4) is 5.75 Å². The third-order valence-electron chi connectivity index (χ3n) is 5.33. The summed E-state index contributed by atoms with van der Waals surface area (Å²) >= 11 is 3.57. The number of anilines is 1. The van der Waals surface area contributed by atoms with Gasteiger partial charge in [0.1, 0.15) is 5.75 Å². The maximum Gasteiger partial charge on any atom is 0.339 e. The number of carbonyl (C=O) groups is 1. The van der Waals surface area contributed by atoms with Crippen molar-refractivity contribution in [2.75, 3.05) is 19.5 Å². The van der Waals surface area contributed by atoms with E-state index >= 15 is 0 Å². The van der Waals surface area contributed by atoms with Gasteiger partial charge in [-0.25, -0.2) is 4.79 Å². The van der Waals surface area contributed by atoms with Crippen molar-refractivity contribution in [2.45, 2.75) is 18.4 Å². The van der Waals surface area contributed by atoms with Crippen LogP contribution in [-0.4, -0.2) is 20.2 Å². The standard InChI is InChI=1S/C21H20BrNO3/c1-25-18-10-9-12(22)11-17(18)20-15-6-3-5-13(15)14-7-4-8-16(19(14)23-20)21(24)26-2/h3-5,7-11,13,15,20,23H,6H2,1-2H3/t13-,15-,20+/m0/s1. The summed E-state index contributed by atoms with van der Waals surface area (Å²) in [7, 11) is 3.10. The van der Waals surface area contributed by atoms with Gasteiger partial charge in [0, 0.05) is 16.0 Å². The Bertz CT molecular complexity index is 893. The number of esters is 1. The zero-order valence-electron chi connectivity index (χ0n) is 14.7. The van der Waals surface area contributed by atoms with Gasteiger partial charge >= 0.3 is 5.97 Å². The number of fused-ring (bicyclic) bond motifs is 3. The van der Waals surface area contributed by atoms with Crippen LogP contribution in [0.1, 0.15) is 39.9 Å². The Morgan fingerprint density at radius 2 is 2.04 bits per heavy atom. The third-order valence-corrected chi connectivity index (χ3v) is 5.82. The molecule has 0 bridgehead atoms. The number of methoxy groups -OCH3 is 2. The van der Waals surface area contributed by atoms with E-state index in [1.165, 1.54) is 7.11 Å². The summed E-state index contributed by atoms with van der Waals surface area (Å²) in [5.41, 5.74) is 3.67. The molecule has 0 aromatic heterocycles. The van der Waals surface area contributed by atoms with Crippen molar-refractivity contribution in [1.82, 2.24) is 0 Å². The molecule has 2 aliphatic rings. The summed E-state index contributed by atoms with van der Waals surface area (Å²) in [4.78, 5) is 12.3. The average Bonchev–Trinajstić information content (AvgIpc) is 3.16.